The Morgan fingerprint density at radius 2 is 2.04 bits per heavy atom. The number of rotatable bonds is 5. The molecule has 0 N–H and O–H groups in total. The molecule has 1 fully saturated rings. The molecule has 5 heteroatoms. The van der Waals surface area contributed by atoms with Gasteiger partial charge in [0, 0.05) is 19.2 Å². The van der Waals surface area contributed by atoms with Gasteiger partial charge in [-0.2, -0.15) is 0 Å². The smallest absolute Gasteiger partial charge is 0.331 e. The average molecular weight is 319 g/mol. The summed E-state index contributed by atoms with van der Waals surface area (Å²) in [5.74, 6) is -1.17. The van der Waals surface area contributed by atoms with E-state index in [0.717, 1.165) is 25.7 Å². The van der Waals surface area contributed by atoms with Gasteiger partial charge in [-0.1, -0.05) is 31.4 Å². The van der Waals surface area contributed by atoms with Gasteiger partial charge < -0.3 is 9.64 Å². The summed E-state index contributed by atoms with van der Waals surface area (Å²) in [6.07, 6.45) is 8.17. The Balaban J connectivity index is 1.78. The van der Waals surface area contributed by atoms with E-state index in [2.05, 4.69) is 0 Å². The molecule has 124 valence electrons. The van der Waals surface area contributed by atoms with E-state index >= 15 is 0 Å². The summed E-state index contributed by atoms with van der Waals surface area (Å²) in [5.41, 5.74) is 0.563. The molecule has 0 atom stereocenters. The maximum atomic E-state index is 13.0. The van der Waals surface area contributed by atoms with Crippen molar-refractivity contribution in [3.8, 4) is 0 Å². The van der Waals surface area contributed by atoms with E-state index in [-0.39, 0.29) is 24.4 Å². The Morgan fingerprint density at radius 1 is 1.30 bits per heavy atom. The molecule has 23 heavy (non-hydrogen) atoms. The van der Waals surface area contributed by atoms with Gasteiger partial charge in [0.05, 0.1) is 0 Å². The molecule has 0 unspecified atom stereocenters. The molecule has 4 nitrogen and oxygen atoms in total. The molecule has 1 aliphatic carbocycles. The third-order valence-electron chi connectivity index (χ3n) is 4.11. The number of amides is 1. The van der Waals surface area contributed by atoms with Gasteiger partial charge in [0.1, 0.15) is 5.82 Å². The Hall–Kier alpha value is -2.17. The summed E-state index contributed by atoms with van der Waals surface area (Å²) in [6.45, 7) is -0.265. The summed E-state index contributed by atoms with van der Waals surface area (Å²) in [6, 6.07) is 6.12. The highest BCUT2D eigenvalue weighted by Gasteiger charge is 2.22. The molecule has 1 aromatic rings. The van der Waals surface area contributed by atoms with Crippen LogP contribution in [0.25, 0.3) is 6.08 Å². The summed E-state index contributed by atoms with van der Waals surface area (Å²) < 4.78 is 18.0. The van der Waals surface area contributed by atoms with Crippen molar-refractivity contribution in [2.24, 2.45) is 0 Å². The molecule has 0 radical (unpaired) electrons. The molecule has 0 aliphatic heterocycles. The number of ether oxygens (including phenoxy) is 1. The number of halogens is 1. The fourth-order valence-electron chi connectivity index (χ4n) is 2.73. The number of benzene rings is 1. The van der Waals surface area contributed by atoms with Gasteiger partial charge in [-0.25, -0.2) is 9.18 Å². The zero-order valence-corrected chi connectivity index (χ0v) is 13.3. The molecule has 0 bridgehead atoms. The minimum atomic E-state index is -0.611. The first kappa shape index (κ1) is 17.2. The number of likely N-dealkylation sites (N-methyl/N-ethyl adjacent to an activating group) is 1. The summed E-state index contributed by atoms with van der Waals surface area (Å²) >= 11 is 0. The second-order valence-electron chi connectivity index (χ2n) is 5.79. The van der Waals surface area contributed by atoms with Gasteiger partial charge in [-0.3, -0.25) is 4.79 Å². The van der Waals surface area contributed by atoms with Gasteiger partial charge in [0.15, 0.2) is 6.61 Å². The normalized spacial score (nSPS) is 15.6. The molecule has 0 saturated heterocycles. The van der Waals surface area contributed by atoms with Gasteiger partial charge in [0.25, 0.3) is 5.91 Å². The monoisotopic (exact) mass is 319 g/mol. The second kappa shape index (κ2) is 8.46. The van der Waals surface area contributed by atoms with Crippen molar-refractivity contribution in [2.45, 2.75) is 38.1 Å². The lowest BCUT2D eigenvalue weighted by molar-refractivity contribution is -0.148. The van der Waals surface area contributed by atoms with E-state index in [4.69, 9.17) is 4.74 Å². The molecule has 0 aromatic heterocycles. The molecule has 1 aliphatic rings. The Kier molecular flexibility index (Phi) is 6.32. The van der Waals surface area contributed by atoms with Crippen LogP contribution in [-0.2, 0) is 14.3 Å². The first-order valence-corrected chi connectivity index (χ1v) is 7.92. The lowest BCUT2D eigenvalue weighted by Gasteiger charge is -2.31. The van der Waals surface area contributed by atoms with Crippen molar-refractivity contribution in [1.29, 1.82) is 0 Å². The fourth-order valence-corrected chi connectivity index (χ4v) is 2.73. The summed E-state index contributed by atoms with van der Waals surface area (Å²) in [5, 5.41) is 0. The number of nitrogens with zero attached hydrogens (tertiary/aromatic N) is 1. The summed E-state index contributed by atoms with van der Waals surface area (Å²) in [7, 11) is 1.76. The number of hydrogen-bond donors (Lipinski definition) is 0. The zero-order chi connectivity index (χ0) is 16.7. The van der Waals surface area contributed by atoms with Crippen molar-refractivity contribution < 1.29 is 18.7 Å². The predicted molar refractivity (Wildman–Crippen MR) is 86.0 cm³/mol. The van der Waals surface area contributed by atoms with Crippen LogP contribution >= 0.6 is 0 Å². The minimum Gasteiger partial charge on any atom is -0.452 e. The van der Waals surface area contributed by atoms with Crippen LogP contribution in [-0.4, -0.2) is 36.5 Å². The van der Waals surface area contributed by atoms with Crippen LogP contribution in [0, 0.1) is 5.82 Å². The van der Waals surface area contributed by atoms with E-state index in [0.29, 0.717) is 5.56 Å². The molecule has 1 amide bonds. The van der Waals surface area contributed by atoms with Gasteiger partial charge in [-0.15, -0.1) is 0 Å². The number of carbonyl (C=O) groups is 2. The lowest BCUT2D eigenvalue weighted by atomic mass is 9.94. The Bertz CT molecular complexity index is 579. The van der Waals surface area contributed by atoms with Crippen LogP contribution in [0.4, 0.5) is 4.39 Å². The van der Waals surface area contributed by atoms with E-state index in [1.807, 2.05) is 0 Å². The molecular weight excluding hydrogens is 297 g/mol. The third kappa shape index (κ3) is 5.51. The molecule has 0 spiro atoms. The SMILES string of the molecule is CN(C(=O)COC(=O)/C=C/c1cccc(F)c1)C1CCCCC1. The van der Waals surface area contributed by atoms with E-state index in [9.17, 15) is 14.0 Å². The predicted octanol–water partition coefficient (Wildman–Crippen LogP) is 3.17. The van der Waals surface area contributed by atoms with Crippen LogP contribution < -0.4 is 0 Å². The highest BCUT2D eigenvalue weighted by molar-refractivity contribution is 5.89. The molecule has 1 aromatic carbocycles. The van der Waals surface area contributed by atoms with Crippen LogP contribution in [0.2, 0.25) is 0 Å². The van der Waals surface area contributed by atoms with Crippen molar-refractivity contribution in [1.82, 2.24) is 4.90 Å². The maximum Gasteiger partial charge on any atom is 0.331 e. The van der Waals surface area contributed by atoms with Gasteiger partial charge in [0.2, 0.25) is 0 Å². The van der Waals surface area contributed by atoms with Crippen LogP contribution in [0.5, 0.6) is 0 Å². The first-order valence-electron chi connectivity index (χ1n) is 7.92. The standard InChI is InChI=1S/C18H22FNO3/c1-20(16-8-3-2-4-9-16)17(21)13-23-18(22)11-10-14-6-5-7-15(19)12-14/h5-7,10-12,16H,2-4,8-9,13H2,1H3/b11-10+. The number of esters is 1. The molecule has 0 heterocycles. The molecule has 2 rings (SSSR count). The zero-order valence-electron chi connectivity index (χ0n) is 13.3. The Labute approximate surface area is 135 Å². The van der Waals surface area contributed by atoms with Gasteiger partial charge >= 0.3 is 5.97 Å². The van der Waals surface area contributed by atoms with Crippen LogP contribution in [0.1, 0.15) is 37.7 Å². The second-order valence-corrected chi connectivity index (χ2v) is 5.79. The van der Waals surface area contributed by atoms with Crippen molar-refractivity contribution >= 4 is 18.0 Å². The van der Waals surface area contributed by atoms with E-state index in [1.54, 1.807) is 24.1 Å². The summed E-state index contributed by atoms with van der Waals surface area (Å²) in [4.78, 5) is 25.4. The van der Waals surface area contributed by atoms with Crippen LogP contribution in [0.15, 0.2) is 30.3 Å². The first-order chi connectivity index (χ1) is 11.1. The molecule has 1 saturated carbocycles. The Morgan fingerprint density at radius 3 is 2.74 bits per heavy atom. The maximum absolute atomic E-state index is 13.0. The topological polar surface area (TPSA) is 46.6 Å². The largest absolute Gasteiger partial charge is 0.452 e. The van der Waals surface area contributed by atoms with Crippen molar-refractivity contribution in [3.05, 3.63) is 41.7 Å². The highest BCUT2D eigenvalue weighted by atomic mass is 19.1. The minimum absolute atomic E-state index is 0.190. The average Bonchev–Trinajstić information content (AvgIpc) is 2.58. The van der Waals surface area contributed by atoms with Crippen molar-refractivity contribution in [3.63, 3.8) is 0 Å². The highest BCUT2D eigenvalue weighted by Crippen LogP contribution is 2.21. The van der Waals surface area contributed by atoms with E-state index < -0.39 is 5.97 Å². The lowest BCUT2D eigenvalue weighted by Crippen LogP contribution is -2.40. The number of hydrogen-bond acceptors (Lipinski definition) is 3. The van der Waals surface area contributed by atoms with Crippen LogP contribution in [0.3, 0.4) is 0 Å². The number of carbonyl (C=O) groups excluding carboxylic acids is 2. The third-order valence-corrected chi connectivity index (χ3v) is 4.11. The molecular formula is C18H22FNO3. The van der Waals surface area contributed by atoms with Gasteiger partial charge in [-0.05, 0) is 36.6 Å². The van der Waals surface area contributed by atoms with E-state index in [1.165, 1.54) is 30.7 Å². The van der Waals surface area contributed by atoms with Crippen molar-refractivity contribution in [2.75, 3.05) is 13.7 Å². The quantitative estimate of drug-likeness (QED) is 0.618. The fraction of sp³-hybridized carbons (Fsp3) is 0.444.